The predicted molar refractivity (Wildman–Crippen MR) is 126 cm³/mol. The molecule has 4 rings (SSSR count). The van der Waals surface area contributed by atoms with Crippen molar-refractivity contribution in [2.24, 2.45) is 5.92 Å². The number of nitriles is 1. The minimum absolute atomic E-state index is 0.0271. The number of amides is 1. The van der Waals surface area contributed by atoms with Gasteiger partial charge in [0, 0.05) is 17.7 Å². The number of carbonyl (C=O) groups is 1. The molecule has 2 aliphatic rings. The van der Waals surface area contributed by atoms with Crippen molar-refractivity contribution in [1.82, 2.24) is 4.98 Å². The molecule has 0 saturated heterocycles. The van der Waals surface area contributed by atoms with E-state index < -0.39 is 5.41 Å². The zero-order valence-electron chi connectivity index (χ0n) is 19.4. The van der Waals surface area contributed by atoms with Crippen LogP contribution >= 0.6 is 0 Å². The van der Waals surface area contributed by atoms with E-state index in [-0.39, 0.29) is 24.0 Å². The standard InChI is InChI=1S/C26H32N4O2/c1-17(2)32-21-10-7-18(8-11-21)25(31)30-15-19-6-5-13-28-24(19)29-22-12-9-20(14-23(22)30)26(3,4)16-27/h5-6,9,12-14,17-18,21H,7-8,10-11,15H2,1-4H3,(H,28,29)/t18-,21-. The van der Waals surface area contributed by atoms with Gasteiger partial charge < -0.3 is 15.0 Å². The summed E-state index contributed by atoms with van der Waals surface area (Å²) < 4.78 is 5.98. The largest absolute Gasteiger partial charge is 0.376 e. The van der Waals surface area contributed by atoms with E-state index in [9.17, 15) is 10.1 Å². The molecule has 1 saturated carbocycles. The monoisotopic (exact) mass is 432 g/mol. The first-order chi connectivity index (χ1) is 15.3. The number of hydrogen-bond donors (Lipinski definition) is 1. The Bertz CT molecular complexity index is 1030. The van der Waals surface area contributed by atoms with Crippen molar-refractivity contribution in [3.8, 4) is 6.07 Å². The third-order valence-electron chi connectivity index (χ3n) is 6.52. The third-order valence-corrected chi connectivity index (χ3v) is 6.52. The number of pyridine rings is 1. The summed E-state index contributed by atoms with van der Waals surface area (Å²) >= 11 is 0. The van der Waals surface area contributed by atoms with Gasteiger partial charge in [-0.2, -0.15) is 5.26 Å². The fraction of sp³-hybridized carbons (Fsp3) is 0.500. The van der Waals surface area contributed by atoms with Crippen LogP contribution in [-0.4, -0.2) is 23.1 Å². The Kier molecular flexibility index (Phi) is 6.21. The average molecular weight is 433 g/mol. The van der Waals surface area contributed by atoms with Gasteiger partial charge in [0.05, 0.1) is 41.6 Å². The van der Waals surface area contributed by atoms with Gasteiger partial charge in [-0.1, -0.05) is 12.1 Å². The summed E-state index contributed by atoms with van der Waals surface area (Å²) in [5.41, 5.74) is 2.88. The molecule has 32 heavy (non-hydrogen) atoms. The quantitative estimate of drug-likeness (QED) is 0.694. The summed E-state index contributed by atoms with van der Waals surface area (Å²) in [6, 6.07) is 12.2. The van der Waals surface area contributed by atoms with Gasteiger partial charge in [0.15, 0.2) is 0 Å². The number of fused-ring (bicyclic) bond motifs is 2. The van der Waals surface area contributed by atoms with Gasteiger partial charge in [-0.15, -0.1) is 0 Å². The lowest BCUT2D eigenvalue weighted by atomic mass is 9.85. The van der Waals surface area contributed by atoms with E-state index in [4.69, 9.17) is 4.74 Å². The van der Waals surface area contributed by atoms with Gasteiger partial charge >= 0.3 is 0 Å². The summed E-state index contributed by atoms with van der Waals surface area (Å²) in [4.78, 5) is 20.2. The topological polar surface area (TPSA) is 78.2 Å². The Balaban J connectivity index is 1.67. The van der Waals surface area contributed by atoms with E-state index in [0.717, 1.165) is 54.0 Å². The SMILES string of the molecule is CC(C)O[C@H]1CC[C@H](C(=O)N2Cc3cccnc3Nc3ccc(C(C)(C)C#N)cc32)CC1. The highest BCUT2D eigenvalue weighted by molar-refractivity contribution is 5.99. The minimum atomic E-state index is -0.645. The van der Waals surface area contributed by atoms with Crippen LogP contribution in [0.3, 0.4) is 0 Å². The van der Waals surface area contributed by atoms with Crippen molar-refractivity contribution in [3.63, 3.8) is 0 Å². The highest BCUT2D eigenvalue weighted by Crippen LogP contribution is 2.40. The first-order valence-electron chi connectivity index (χ1n) is 11.5. The van der Waals surface area contributed by atoms with Crippen LogP contribution in [0.1, 0.15) is 64.5 Å². The Morgan fingerprint density at radius 2 is 2.00 bits per heavy atom. The second kappa shape index (κ2) is 8.91. The molecule has 0 bridgehead atoms. The predicted octanol–water partition coefficient (Wildman–Crippen LogP) is 5.46. The molecule has 2 heterocycles. The lowest BCUT2D eigenvalue weighted by Gasteiger charge is -2.33. The van der Waals surface area contributed by atoms with Gasteiger partial charge in [-0.05, 0) is 77.1 Å². The third kappa shape index (κ3) is 4.49. The minimum Gasteiger partial charge on any atom is -0.376 e. The molecule has 168 valence electrons. The molecular weight excluding hydrogens is 400 g/mol. The van der Waals surface area contributed by atoms with Crippen LogP contribution in [0.2, 0.25) is 0 Å². The van der Waals surface area contributed by atoms with Crippen LogP contribution in [0.4, 0.5) is 17.2 Å². The lowest BCUT2D eigenvalue weighted by Crippen LogP contribution is -2.38. The summed E-state index contributed by atoms with van der Waals surface area (Å²) in [6.07, 6.45) is 5.69. The highest BCUT2D eigenvalue weighted by atomic mass is 16.5. The molecule has 1 fully saturated rings. The van der Waals surface area contributed by atoms with Crippen molar-refractivity contribution < 1.29 is 9.53 Å². The molecule has 6 heteroatoms. The summed E-state index contributed by atoms with van der Waals surface area (Å²) in [6.45, 7) is 8.38. The van der Waals surface area contributed by atoms with Gasteiger partial charge in [0.1, 0.15) is 5.82 Å². The molecule has 6 nitrogen and oxygen atoms in total. The molecule has 1 aromatic heterocycles. The first-order valence-corrected chi connectivity index (χ1v) is 11.5. The number of nitrogens with zero attached hydrogens (tertiary/aromatic N) is 3. The normalized spacial score (nSPS) is 20.6. The van der Waals surface area contributed by atoms with E-state index >= 15 is 0 Å². The molecule has 1 aliphatic carbocycles. The molecular formula is C26H32N4O2. The van der Waals surface area contributed by atoms with Crippen LogP contribution < -0.4 is 10.2 Å². The summed E-state index contributed by atoms with van der Waals surface area (Å²) in [7, 11) is 0. The number of nitrogens with one attached hydrogen (secondary N) is 1. The molecule has 1 N–H and O–H groups in total. The van der Waals surface area contributed by atoms with Crippen LogP contribution in [0, 0.1) is 17.2 Å². The van der Waals surface area contributed by atoms with Crippen LogP contribution in [0.5, 0.6) is 0 Å². The molecule has 0 atom stereocenters. The van der Waals surface area contributed by atoms with Crippen molar-refractivity contribution in [3.05, 3.63) is 47.7 Å². The molecule has 1 aliphatic heterocycles. The van der Waals surface area contributed by atoms with Crippen LogP contribution in [0.15, 0.2) is 36.5 Å². The van der Waals surface area contributed by atoms with Crippen LogP contribution in [0.25, 0.3) is 0 Å². The average Bonchev–Trinajstić information content (AvgIpc) is 2.95. The van der Waals surface area contributed by atoms with E-state index in [1.165, 1.54) is 0 Å². The summed E-state index contributed by atoms with van der Waals surface area (Å²) in [5.74, 6) is 0.880. The number of hydrogen-bond acceptors (Lipinski definition) is 5. The number of aromatic nitrogens is 1. The Morgan fingerprint density at radius 3 is 2.69 bits per heavy atom. The molecule has 1 amide bonds. The van der Waals surface area contributed by atoms with Gasteiger partial charge in [-0.25, -0.2) is 4.98 Å². The smallest absolute Gasteiger partial charge is 0.230 e. The molecule has 0 radical (unpaired) electrons. The molecule has 0 spiro atoms. The van der Waals surface area contributed by atoms with Crippen molar-refractivity contribution in [1.29, 1.82) is 5.26 Å². The van der Waals surface area contributed by atoms with Gasteiger partial charge in [-0.3, -0.25) is 4.79 Å². The van der Waals surface area contributed by atoms with Crippen molar-refractivity contribution in [2.75, 3.05) is 10.2 Å². The second-order valence-corrected chi connectivity index (χ2v) is 9.69. The van der Waals surface area contributed by atoms with E-state index in [2.05, 4.69) is 30.2 Å². The van der Waals surface area contributed by atoms with E-state index in [0.29, 0.717) is 6.54 Å². The first kappa shape index (κ1) is 22.3. The fourth-order valence-corrected chi connectivity index (χ4v) is 4.62. The zero-order valence-corrected chi connectivity index (χ0v) is 19.4. The van der Waals surface area contributed by atoms with Crippen molar-refractivity contribution in [2.45, 2.75) is 77.5 Å². The van der Waals surface area contributed by atoms with E-state index in [1.807, 2.05) is 49.1 Å². The molecule has 1 aromatic carbocycles. The molecule has 2 aromatic rings. The van der Waals surface area contributed by atoms with Crippen LogP contribution in [-0.2, 0) is 21.5 Å². The van der Waals surface area contributed by atoms with Crippen molar-refractivity contribution >= 4 is 23.1 Å². The van der Waals surface area contributed by atoms with Gasteiger partial charge in [0.25, 0.3) is 0 Å². The number of rotatable bonds is 4. The Labute approximate surface area is 190 Å². The summed E-state index contributed by atoms with van der Waals surface area (Å²) in [5, 5.41) is 13.1. The second-order valence-electron chi connectivity index (χ2n) is 9.69. The molecule has 0 unspecified atom stereocenters. The zero-order chi connectivity index (χ0) is 22.9. The maximum Gasteiger partial charge on any atom is 0.230 e. The number of anilines is 3. The Morgan fingerprint density at radius 1 is 1.25 bits per heavy atom. The maximum atomic E-state index is 13.8. The highest BCUT2D eigenvalue weighted by Gasteiger charge is 2.34. The van der Waals surface area contributed by atoms with Gasteiger partial charge in [0.2, 0.25) is 5.91 Å². The number of benzene rings is 1. The fourth-order valence-electron chi connectivity index (χ4n) is 4.62. The number of carbonyl (C=O) groups excluding carboxylic acids is 1. The number of ether oxygens (including phenoxy) is 1. The Hall–Kier alpha value is -2.91. The maximum absolute atomic E-state index is 13.8. The lowest BCUT2D eigenvalue weighted by molar-refractivity contribution is -0.124. The van der Waals surface area contributed by atoms with E-state index in [1.54, 1.807) is 6.20 Å².